The molecule has 3 aromatic carbocycles. The first kappa shape index (κ1) is 21.5. The number of carbonyl (C=O) groups excluding carboxylic acids is 1. The van der Waals surface area contributed by atoms with E-state index in [9.17, 15) is 4.79 Å². The van der Waals surface area contributed by atoms with Crippen LogP contribution >= 0.6 is 0 Å². The zero-order valence-corrected chi connectivity index (χ0v) is 18.2. The van der Waals surface area contributed by atoms with Crippen LogP contribution in [0.25, 0.3) is 11.4 Å². The van der Waals surface area contributed by atoms with Gasteiger partial charge in [-0.3, -0.25) is 9.69 Å². The normalized spacial score (nSPS) is 12.0. The Morgan fingerprint density at radius 2 is 1.69 bits per heavy atom. The molecule has 0 fully saturated rings. The highest BCUT2D eigenvalue weighted by Crippen LogP contribution is 2.27. The van der Waals surface area contributed by atoms with Gasteiger partial charge in [0.15, 0.2) is 0 Å². The first-order valence-electron chi connectivity index (χ1n) is 10.6. The van der Waals surface area contributed by atoms with E-state index in [2.05, 4.69) is 45.5 Å². The van der Waals surface area contributed by atoms with Crippen molar-refractivity contribution in [2.24, 2.45) is 0 Å². The van der Waals surface area contributed by atoms with Gasteiger partial charge in [0.2, 0.25) is 17.6 Å². The Morgan fingerprint density at radius 1 is 0.969 bits per heavy atom. The van der Waals surface area contributed by atoms with Crippen molar-refractivity contribution < 1.29 is 9.32 Å². The zero-order chi connectivity index (χ0) is 22.3. The third-order valence-corrected chi connectivity index (χ3v) is 5.30. The number of aromatic nitrogens is 2. The number of amides is 1. The third-order valence-electron chi connectivity index (χ3n) is 5.30. The Balaban J connectivity index is 1.59. The highest BCUT2D eigenvalue weighted by molar-refractivity contribution is 5.88. The van der Waals surface area contributed by atoms with E-state index < -0.39 is 0 Å². The molecule has 0 saturated heterocycles. The van der Waals surface area contributed by atoms with Gasteiger partial charge in [-0.05, 0) is 30.2 Å². The Morgan fingerprint density at radius 3 is 2.41 bits per heavy atom. The first-order valence-corrected chi connectivity index (χ1v) is 10.6. The predicted octanol–water partition coefficient (Wildman–Crippen LogP) is 5.46. The minimum Gasteiger partial charge on any atom is -0.338 e. The van der Waals surface area contributed by atoms with Gasteiger partial charge in [0.25, 0.3) is 0 Å². The molecule has 4 aromatic rings. The van der Waals surface area contributed by atoms with E-state index in [-0.39, 0.29) is 11.9 Å². The van der Waals surface area contributed by atoms with Gasteiger partial charge in [-0.15, -0.1) is 0 Å². The van der Waals surface area contributed by atoms with Crippen LogP contribution in [0.5, 0.6) is 0 Å². The SMILES string of the molecule is CC(=O)Nc1cccc([C@H](C)N(Cc2ccccc2)Cc2nc(-c3ccccc3)no2)c1. The van der Waals surface area contributed by atoms with Crippen LogP contribution in [0.4, 0.5) is 5.69 Å². The minimum absolute atomic E-state index is 0.0518. The highest BCUT2D eigenvalue weighted by atomic mass is 16.5. The van der Waals surface area contributed by atoms with E-state index in [1.807, 2.05) is 66.7 Å². The number of benzene rings is 3. The van der Waals surface area contributed by atoms with Crippen LogP contribution in [0.3, 0.4) is 0 Å². The summed E-state index contributed by atoms with van der Waals surface area (Å²) in [6.07, 6.45) is 0. The van der Waals surface area contributed by atoms with E-state index >= 15 is 0 Å². The van der Waals surface area contributed by atoms with E-state index in [1.165, 1.54) is 12.5 Å². The van der Waals surface area contributed by atoms with Crippen molar-refractivity contribution in [3.63, 3.8) is 0 Å². The number of anilines is 1. The van der Waals surface area contributed by atoms with Crippen LogP contribution < -0.4 is 5.32 Å². The lowest BCUT2D eigenvalue weighted by molar-refractivity contribution is -0.114. The van der Waals surface area contributed by atoms with Crippen molar-refractivity contribution >= 4 is 11.6 Å². The summed E-state index contributed by atoms with van der Waals surface area (Å²) >= 11 is 0. The maximum absolute atomic E-state index is 11.5. The van der Waals surface area contributed by atoms with Crippen molar-refractivity contribution in [1.82, 2.24) is 15.0 Å². The molecule has 1 N–H and O–H groups in total. The average molecular weight is 427 g/mol. The largest absolute Gasteiger partial charge is 0.338 e. The van der Waals surface area contributed by atoms with E-state index in [4.69, 9.17) is 4.52 Å². The predicted molar refractivity (Wildman–Crippen MR) is 125 cm³/mol. The van der Waals surface area contributed by atoms with Gasteiger partial charge in [-0.1, -0.05) is 78.0 Å². The molecule has 0 aliphatic carbocycles. The topological polar surface area (TPSA) is 71.3 Å². The molecule has 1 heterocycles. The summed E-state index contributed by atoms with van der Waals surface area (Å²) < 4.78 is 5.59. The number of nitrogens with zero attached hydrogens (tertiary/aromatic N) is 3. The molecule has 32 heavy (non-hydrogen) atoms. The van der Waals surface area contributed by atoms with Crippen LogP contribution in [0.15, 0.2) is 89.5 Å². The Labute approximate surface area is 187 Å². The average Bonchev–Trinajstić information content (AvgIpc) is 3.28. The molecule has 0 spiro atoms. The monoisotopic (exact) mass is 426 g/mol. The lowest BCUT2D eigenvalue weighted by Gasteiger charge is -2.28. The molecule has 162 valence electrons. The standard InChI is InChI=1S/C26H26N4O2/c1-19(23-14-9-15-24(16-23)27-20(2)31)30(17-21-10-5-3-6-11-21)18-25-28-26(29-32-25)22-12-7-4-8-13-22/h3-16,19H,17-18H2,1-2H3,(H,27,31)/t19-/m0/s1. The molecule has 6 heteroatoms. The Hall–Kier alpha value is -3.77. The number of hydrogen-bond acceptors (Lipinski definition) is 5. The van der Waals surface area contributed by atoms with Crippen LogP contribution in [0.1, 0.15) is 36.9 Å². The van der Waals surface area contributed by atoms with Crippen molar-refractivity contribution in [3.8, 4) is 11.4 Å². The van der Waals surface area contributed by atoms with E-state index in [0.29, 0.717) is 18.3 Å². The molecular weight excluding hydrogens is 400 g/mol. The number of carbonyl (C=O) groups is 1. The lowest BCUT2D eigenvalue weighted by atomic mass is 10.0. The summed E-state index contributed by atoms with van der Waals surface area (Å²) in [4.78, 5) is 18.4. The first-order chi connectivity index (χ1) is 15.6. The van der Waals surface area contributed by atoms with Crippen molar-refractivity contribution in [2.75, 3.05) is 5.32 Å². The van der Waals surface area contributed by atoms with Gasteiger partial charge >= 0.3 is 0 Å². The molecule has 0 aliphatic rings. The summed E-state index contributed by atoms with van der Waals surface area (Å²) in [6, 6.07) is 28.1. The number of nitrogens with one attached hydrogen (secondary N) is 1. The van der Waals surface area contributed by atoms with Gasteiger partial charge in [-0.2, -0.15) is 4.98 Å². The van der Waals surface area contributed by atoms with Crippen molar-refractivity contribution in [3.05, 3.63) is 102 Å². The fourth-order valence-electron chi connectivity index (χ4n) is 3.64. The fourth-order valence-corrected chi connectivity index (χ4v) is 3.64. The second-order valence-corrected chi connectivity index (χ2v) is 7.75. The molecule has 4 rings (SSSR count). The number of hydrogen-bond donors (Lipinski definition) is 1. The van der Waals surface area contributed by atoms with Gasteiger partial charge in [0.05, 0.1) is 6.54 Å². The summed E-state index contributed by atoms with van der Waals surface area (Å²) in [6.45, 7) is 4.87. The molecule has 0 saturated carbocycles. The van der Waals surface area contributed by atoms with Gasteiger partial charge in [0, 0.05) is 30.8 Å². The van der Waals surface area contributed by atoms with Gasteiger partial charge < -0.3 is 9.84 Å². The van der Waals surface area contributed by atoms with Crippen LogP contribution in [-0.2, 0) is 17.9 Å². The smallest absolute Gasteiger partial charge is 0.241 e. The minimum atomic E-state index is -0.0877. The summed E-state index contributed by atoms with van der Waals surface area (Å²) in [5, 5.41) is 7.03. The molecule has 1 atom stereocenters. The highest BCUT2D eigenvalue weighted by Gasteiger charge is 2.20. The lowest BCUT2D eigenvalue weighted by Crippen LogP contribution is -2.26. The van der Waals surface area contributed by atoms with Gasteiger partial charge in [-0.25, -0.2) is 0 Å². The Kier molecular flexibility index (Phi) is 6.72. The van der Waals surface area contributed by atoms with Crippen molar-refractivity contribution in [1.29, 1.82) is 0 Å². The summed E-state index contributed by atoms with van der Waals surface area (Å²) in [5.41, 5.74) is 3.99. The second-order valence-electron chi connectivity index (χ2n) is 7.75. The van der Waals surface area contributed by atoms with E-state index in [0.717, 1.165) is 23.4 Å². The third kappa shape index (κ3) is 5.47. The molecule has 1 amide bonds. The van der Waals surface area contributed by atoms with Crippen LogP contribution in [0, 0.1) is 0 Å². The van der Waals surface area contributed by atoms with Crippen LogP contribution in [0.2, 0.25) is 0 Å². The van der Waals surface area contributed by atoms with E-state index in [1.54, 1.807) is 0 Å². The van der Waals surface area contributed by atoms with Gasteiger partial charge in [0.1, 0.15) is 0 Å². The Bertz CT molecular complexity index is 1160. The molecule has 0 aliphatic heterocycles. The molecule has 6 nitrogen and oxygen atoms in total. The zero-order valence-electron chi connectivity index (χ0n) is 18.2. The molecular formula is C26H26N4O2. The van der Waals surface area contributed by atoms with Crippen LogP contribution in [-0.4, -0.2) is 20.9 Å². The molecule has 0 radical (unpaired) electrons. The molecule has 0 bridgehead atoms. The van der Waals surface area contributed by atoms with Crippen molar-refractivity contribution in [2.45, 2.75) is 33.0 Å². The number of rotatable bonds is 8. The summed E-state index contributed by atoms with van der Waals surface area (Å²) in [5.74, 6) is 1.06. The molecule has 0 unspecified atom stereocenters. The maximum Gasteiger partial charge on any atom is 0.241 e. The fraction of sp³-hybridized carbons (Fsp3) is 0.192. The molecule has 1 aromatic heterocycles. The summed E-state index contributed by atoms with van der Waals surface area (Å²) in [7, 11) is 0. The quantitative estimate of drug-likeness (QED) is 0.405. The second kappa shape index (κ2) is 10.0. The maximum atomic E-state index is 11.5.